The number of hydrogen-bond acceptors (Lipinski definition) is 4. The smallest absolute Gasteiger partial charge is 0.445 e. The molecule has 1 aromatic rings. The molecule has 7 nitrogen and oxygen atoms in total. The standard InChI is InChI=1S/C18H26BF3N5O2/c1-12-14(10-15(24-25-23)13(2)16(12)19(20,21)22)11-26-6-8-27(9-7-26)17(28)29-18(3,4)5/h10H,6-9,11H2,1-5H3/q-1. The Bertz CT molecular complexity index is 824. The molecule has 1 amide bonds. The van der Waals surface area contributed by atoms with E-state index in [9.17, 15) is 17.7 Å². The first kappa shape index (κ1) is 22.9. The van der Waals surface area contributed by atoms with Gasteiger partial charge in [-0.15, -0.1) is 5.46 Å². The Kier molecular flexibility index (Phi) is 6.75. The van der Waals surface area contributed by atoms with E-state index in [1.54, 1.807) is 25.7 Å². The molecule has 1 saturated heterocycles. The number of nitrogens with zero attached hydrogens (tertiary/aromatic N) is 5. The van der Waals surface area contributed by atoms with E-state index < -0.39 is 24.1 Å². The third kappa shape index (κ3) is 5.80. The predicted molar refractivity (Wildman–Crippen MR) is 107 cm³/mol. The number of piperazine rings is 1. The molecular formula is C18H26BF3N5O2-. The van der Waals surface area contributed by atoms with Crippen molar-refractivity contribution in [1.82, 2.24) is 9.80 Å². The number of hydrogen-bond donors (Lipinski definition) is 0. The summed E-state index contributed by atoms with van der Waals surface area (Å²) in [5, 5.41) is 3.45. The number of rotatable bonds is 4. The molecule has 160 valence electrons. The summed E-state index contributed by atoms with van der Waals surface area (Å²) in [6.45, 7) is 5.07. The van der Waals surface area contributed by atoms with Crippen molar-refractivity contribution in [2.75, 3.05) is 26.2 Å². The van der Waals surface area contributed by atoms with Crippen LogP contribution in [0.4, 0.5) is 23.4 Å². The highest BCUT2D eigenvalue weighted by Gasteiger charge is 2.32. The van der Waals surface area contributed by atoms with Crippen molar-refractivity contribution in [3.05, 3.63) is 33.2 Å². The van der Waals surface area contributed by atoms with Crippen LogP contribution in [-0.4, -0.2) is 54.7 Å². The SMILES string of the molecule is Cc1c(CN2CCN(C(=O)OC(C)(C)C)CC2)cc(N=[N+]=[N-])c(C)c1[B-](F)(F)F. The molecule has 0 aliphatic carbocycles. The first-order valence-corrected chi connectivity index (χ1v) is 9.41. The molecule has 0 unspecified atom stereocenters. The fraction of sp³-hybridized carbons (Fsp3) is 0.611. The number of carbonyl (C=O) groups excluding carboxylic acids is 1. The van der Waals surface area contributed by atoms with E-state index in [1.165, 1.54) is 19.9 Å². The first-order chi connectivity index (χ1) is 13.3. The van der Waals surface area contributed by atoms with Crippen LogP contribution in [0.2, 0.25) is 0 Å². The molecule has 11 heteroatoms. The van der Waals surface area contributed by atoms with Gasteiger partial charge in [-0.3, -0.25) is 4.90 Å². The lowest BCUT2D eigenvalue weighted by Crippen LogP contribution is -2.49. The Morgan fingerprint density at radius 2 is 1.79 bits per heavy atom. The van der Waals surface area contributed by atoms with Gasteiger partial charge in [0, 0.05) is 43.3 Å². The van der Waals surface area contributed by atoms with E-state index >= 15 is 0 Å². The van der Waals surface area contributed by atoms with Gasteiger partial charge in [-0.25, -0.2) is 4.79 Å². The monoisotopic (exact) mass is 412 g/mol. The maximum Gasteiger partial charge on any atom is 0.510 e. The molecule has 1 fully saturated rings. The van der Waals surface area contributed by atoms with Crippen molar-refractivity contribution in [2.24, 2.45) is 5.11 Å². The average Bonchev–Trinajstić information content (AvgIpc) is 2.57. The lowest BCUT2D eigenvalue weighted by atomic mass is 9.72. The van der Waals surface area contributed by atoms with E-state index in [0.29, 0.717) is 31.7 Å². The van der Waals surface area contributed by atoms with Gasteiger partial charge in [0.05, 0.1) is 0 Å². The highest BCUT2D eigenvalue weighted by atomic mass is 19.4. The molecule has 2 rings (SSSR count). The van der Waals surface area contributed by atoms with Crippen LogP contribution in [0.25, 0.3) is 10.4 Å². The predicted octanol–water partition coefficient (Wildman–Crippen LogP) is 4.35. The van der Waals surface area contributed by atoms with Gasteiger partial charge in [0.1, 0.15) is 5.60 Å². The number of halogens is 3. The van der Waals surface area contributed by atoms with E-state index in [1.807, 2.05) is 4.90 Å². The topological polar surface area (TPSA) is 81.5 Å². The van der Waals surface area contributed by atoms with Crippen LogP contribution in [0, 0.1) is 13.8 Å². The van der Waals surface area contributed by atoms with E-state index in [-0.39, 0.29) is 23.4 Å². The molecule has 29 heavy (non-hydrogen) atoms. The lowest BCUT2D eigenvalue weighted by molar-refractivity contribution is 0.0139. The zero-order valence-electron chi connectivity index (χ0n) is 17.4. The summed E-state index contributed by atoms with van der Waals surface area (Å²) < 4.78 is 46.2. The van der Waals surface area contributed by atoms with Gasteiger partial charge in [0.15, 0.2) is 0 Å². The largest absolute Gasteiger partial charge is 0.510 e. The Morgan fingerprint density at radius 3 is 2.28 bits per heavy atom. The minimum atomic E-state index is -5.24. The lowest BCUT2D eigenvalue weighted by Gasteiger charge is -2.36. The second-order valence-corrected chi connectivity index (χ2v) is 8.23. The van der Waals surface area contributed by atoms with E-state index in [2.05, 4.69) is 10.0 Å². The van der Waals surface area contributed by atoms with Gasteiger partial charge >= 0.3 is 13.1 Å². The molecule has 0 aromatic heterocycles. The van der Waals surface area contributed by atoms with Gasteiger partial charge < -0.3 is 22.6 Å². The van der Waals surface area contributed by atoms with Crippen molar-refractivity contribution in [1.29, 1.82) is 0 Å². The minimum absolute atomic E-state index is 0.00492. The molecule has 1 aromatic carbocycles. The van der Waals surface area contributed by atoms with E-state index in [0.717, 1.165) is 0 Å². The summed E-state index contributed by atoms with van der Waals surface area (Å²) in [6.07, 6.45) is -0.392. The molecule has 0 saturated carbocycles. The summed E-state index contributed by atoms with van der Waals surface area (Å²) in [5.41, 5.74) is 7.99. The molecule has 1 aliphatic rings. The quantitative estimate of drug-likeness (QED) is 0.319. The molecular weight excluding hydrogens is 386 g/mol. The van der Waals surface area contributed by atoms with Crippen molar-refractivity contribution >= 4 is 24.2 Å². The summed E-state index contributed by atoms with van der Waals surface area (Å²) in [5.74, 6) is 0. The molecule has 0 bridgehead atoms. The van der Waals surface area contributed by atoms with Crippen LogP contribution < -0.4 is 5.46 Å². The Hall–Kier alpha value is -2.39. The molecule has 1 aliphatic heterocycles. The Labute approximate surface area is 168 Å². The molecule has 1 heterocycles. The zero-order chi connectivity index (χ0) is 22.0. The van der Waals surface area contributed by atoms with Gasteiger partial charge in [-0.1, -0.05) is 16.2 Å². The number of benzene rings is 1. The third-order valence-corrected chi connectivity index (χ3v) is 4.88. The number of ether oxygens (including phenoxy) is 1. The van der Waals surface area contributed by atoms with Crippen molar-refractivity contribution in [2.45, 2.75) is 46.8 Å². The van der Waals surface area contributed by atoms with Crippen LogP contribution in [-0.2, 0) is 11.3 Å². The number of amides is 1. The molecule has 0 radical (unpaired) electrons. The normalized spacial score (nSPS) is 15.8. The summed E-state index contributed by atoms with van der Waals surface area (Å²) in [6, 6.07) is 1.52. The fourth-order valence-electron chi connectivity index (χ4n) is 3.44. The maximum atomic E-state index is 13.6. The zero-order valence-corrected chi connectivity index (χ0v) is 17.4. The van der Waals surface area contributed by atoms with E-state index in [4.69, 9.17) is 10.3 Å². The highest BCUT2D eigenvalue weighted by Crippen LogP contribution is 2.27. The second kappa shape index (κ2) is 8.55. The highest BCUT2D eigenvalue weighted by molar-refractivity contribution is 6.74. The summed E-state index contributed by atoms with van der Waals surface area (Å²) in [7, 11) is 0. The molecule has 0 atom stereocenters. The minimum Gasteiger partial charge on any atom is -0.445 e. The van der Waals surface area contributed by atoms with Gasteiger partial charge in [-0.05, 0) is 51.8 Å². The second-order valence-electron chi connectivity index (χ2n) is 8.23. The Morgan fingerprint density at radius 1 is 1.21 bits per heavy atom. The van der Waals surface area contributed by atoms with Crippen LogP contribution in [0.3, 0.4) is 0 Å². The number of carbonyl (C=O) groups is 1. The average molecular weight is 412 g/mol. The van der Waals surface area contributed by atoms with Crippen molar-refractivity contribution in [3.8, 4) is 0 Å². The number of azide groups is 1. The molecule has 0 spiro atoms. The Balaban J connectivity index is 2.18. The van der Waals surface area contributed by atoms with Gasteiger partial charge in [-0.2, -0.15) is 0 Å². The third-order valence-electron chi connectivity index (χ3n) is 4.88. The van der Waals surface area contributed by atoms with Crippen LogP contribution in [0.1, 0.15) is 37.5 Å². The van der Waals surface area contributed by atoms with Crippen LogP contribution >= 0.6 is 0 Å². The van der Waals surface area contributed by atoms with Crippen molar-refractivity contribution < 1.29 is 22.5 Å². The fourth-order valence-corrected chi connectivity index (χ4v) is 3.44. The van der Waals surface area contributed by atoms with Gasteiger partial charge in [0.2, 0.25) is 0 Å². The maximum absolute atomic E-state index is 13.6. The summed E-state index contributed by atoms with van der Waals surface area (Å²) in [4.78, 5) is 18.4. The van der Waals surface area contributed by atoms with Crippen LogP contribution in [0.15, 0.2) is 11.2 Å². The molecule has 0 N–H and O–H groups in total. The van der Waals surface area contributed by atoms with Gasteiger partial charge in [0.25, 0.3) is 0 Å². The van der Waals surface area contributed by atoms with Crippen molar-refractivity contribution in [3.63, 3.8) is 0 Å². The first-order valence-electron chi connectivity index (χ1n) is 9.41. The summed E-state index contributed by atoms with van der Waals surface area (Å²) >= 11 is 0. The van der Waals surface area contributed by atoms with Crippen LogP contribution in [0.5, 0.6) is 0 Å².